The van der Waals surface area contributed by atoms with Gasteiger partial charge in [-0.1, -0.05) is 13.8 Å². The Balaban J connectivity index is 1.87. The maximum absolute atomic E-state index is 12.1. The number of nitrogens with zero attached hydrogens (tertiary/aromatic N) is 2. The zero-order valence-electron chi connectivity index (χ0n) is 13.2. The molecule has 0 fully saturated rings. The van der Waals surface area contributed by atoms with Gasteiger partial charge in [-0.2, -0.15) is 0 Å². The van der Waals surface area contributed by atoms with Gasteiger partial charge in [0.15, 0.2) is 0 Å². The zero-order valence-corrected chi connectivity index (χ0v) is 13.2. The normalized spacial score (nSPS) is 11.2. The highest BCUT2D eigenvalue weighted by molar-refractivity contribution is 5.98. The van der Waals surface area contributed by atoms with Gasteiger partial charge in [-0.25, -0.2) is 0 Å². The van der Waals surface area contributed by atoms with Crippen molar-refractivity contribution in [1.29, 1.82) is 0 Å². The first-order chi connectivity index (χ1) is 10.2. The minimum atomic E-state index is 0.0142. The van der Waals surface area contributed by atoms with E-state index in [9.17, 15) is 4.79 Å². The van der Waals surface area contributed by atoms with Gasteiger partial charge in [-0.05, 0) is 50.3 Å². The molecule has 0 unspecified atom stereocenters. The zero-order chi connectivity index (χ0) is 15.2. The summed E-state index contributed by atoms with van der Waals surface area (Å²) in [6.07, 6.45) is 3.00. The average molecular weight is 287 g/mol. The molecule has 0 bridgehead atoms. The van der Waals surface area contributed by atoms with Crippen LogP contribution in [0.15, 0.2) is 30.5 Å². The topological polar surface area (TPSA) is 37.3 Å². The molecule has 114 valence electrons. The summed E-state index contributed by atoms with van der Waals surface area (Å²) in [7, 11) is 2.01. The molecule has 1 aromatic carbocycles. The van der Waals surface area contributed by atoms with E-state index in [1.165, 1.54) is 0 Å². The molecule has 0 spiro atoms. The Labute approximate surface area is 126 Å². The number of nitrogens with one attached hydrogen (secondary N) is 1. The molecular weight excluding hydrogens is 262 g/mol. The van der Waals surface area contributed by atoms with Crippen molar-refractivity contribution < 1.29 is 4.79 Å². The smallest absolute Gasteiger partial charge is 0.251 e. The Morgan fingerprint density at radius 1 is 1.24 bits per heavy atom. The third kappa shape index (κ3) is 3.85. The maximum atomic E-state index is 12.1. The van der Waals surface area contributed by atoms with E-state index in [1.54, 1.807) is 0 Å². The fraction of sp³-hybridized carbons (Fsp3) is 0.471. The molecule has 0 saturated heterocycles. The van der Waals surface area contributed by atoms with E-state index in [1.807, 2.05) is 37.5 Å². The Morgan fingerprint density at radius 3 is 2.71 bits per heavy atom. The second-order valence-electron chi connectivity index (χ2n) is 5.34. The number of rotatable bonds is 7. The highest BCUT2D eigenvalue weighted by atomic mass is 16.1. The monoisotopic (exact) mass is 287 g/mol. The summed E-state index contributed by atoms with van der Waals surface area (Å²) >= 11 is 0. The second-order valence-corrected chi connectivity index (χ2v) is 5.34. The van der Waals surface area contributed by atoms with Crippen LogP contribution in [0.25, 0.3) is 10.9 Å². The molecule has 1 heterocycles. The molecular formula is C17H25N3O. The van der Waals surface area contributed by atoms with Crippen molar-refractivity contribution in [3.63, 3.8) is 0 Å². The van der Waals surface area contributed by atoms with Gasteiger partial charge in [0.2, 0.25) is 0 Å². The van der Waals surface area contributed by atoms with Gasteiger partial charge in [0.25, 0.3) is 5.91 Å². The Bertz CT molecular complexity index is 599. The predicted octanol–water partition coefficient (Wildman–Crippen LogP) is 2.64. The van der Waals surface area contributed by atoms with Crippen molar-refractivity contribution in [2.75, 3.05) is 26.2 Å². The number of amides is 1. The van der Waals surface area contributed by atoms with Crippen LogP contribution in [0.4, 0.5) is 0 Å². The lowest BCUT2D eigenvalue weighted by Crippen LogP contribution is -2.29. The fourth-order valence-corrected chi connectivity index (χ4v) is 2.57. The van der Waals surface area contributed by atoms with E-state index in [4.69, 9.17) is 0 Å². The van der Waals surface area contributed by atoms with Gasteiger partial charge in [0.05, 0.1) is 0 Å². The van der Waals surface area contributed by atoms with Crippen LogP contribution in [0.3, 0.4) is 0 Å². The third-order valence-corrected chi connectivity index (χ3v) is 3.98. The van der Waals surface area contributed by atoms with Gasteiger partial charge in [-0.3, -0.25) is 4.79 Å². The van der Waals surface area contributed by atoms with Crippen LogP contribution in [-0.4, -0.2) is 41.6 Å². The summed E-state index contributed by atoms with van der Waals surface area (Å²) in [5, 5.41) is 4.11. The van der Waals surface area contributed by atoms with Gasteiger partial charge >= 0.3 is 0 Å². The number of hydrogen-bond acceptors (Lipinski definition) is 2. The SMILES string of the molecule is CCN(CC)CCCNC(=O)c1ccc2c(ccn2C)c1. The molecule has 4 nitrogen and oxygen atoms in total. The first-order valence-corrected chi connectivity index (χ1v) is 7.71. The number of fused-ring (bicyclic) bond motifs is 1. The lowest BCUT2D eigenvalue weighted by Gasteiger charge is -2.17. The number of benzene rings is 1. The van der Waals surface area contributed by atoms with Crippen LogP contribution in [0.5, 0.6) is 0 Å². The standard InChI is InChI=1S/C17H25N3O/c1-4-20(5-2)11-6-10-18-17(21)15-7-8-16-14(13-15)9-12-19(16)3/h7-9,12-13H,4-6,10-11H2,1-3H3,(H,18,21). The second kappa shape index (κ2) is 7.27. The fourth-order valence-electron chi connectivity index (χ4n) is 2.57. The van der Waals surface area contributed by atoms with Crippen LogP contribution in [-0.2, 0) is 7.05 Å². The Hall–Kier alpha value is -1.81. The van der Waals surface area contributed by atoms with Crippen molar-refractivity contribution in [1.82, 2.24) is 14.8 Å². The first kappa shape index (κ1) is 15.6. The van der Waals surface area contributed by atoms with E-state index in [-0.39, 0.29) is 5.91 Å². The summed E-state index contributed by atoms with van der Waals surface area (Å²) in [6.45, 7) is 8.21. The molecule has 0 aliphatic carbocycles. The van der Waals surface area contributed by atoms with Crippen molar-refractivity contribution in [3.05, 3.63) is 36.0 Å². The summed E-state index contributed by atoms with van der Waals surface area (Å²) in [5.41, 5.74) is 1.88. The molecule has 1 aromatic heterocycles. The summed E-state index contributed by atoms with van der Waals surface area (Å²) in [4.78, 5) is 14.5. The summed E-state index contributed by atoms with van der Waals surface area (Å²) in [6, 6.07) is 7.88. The molecule has 0 aliphatic heterocycles. The van der Waals surface area contributed by atoms with Crippen molar-refractivity contribution in [2.24, 2.45) is 7.05 Å². The average Bonchev–Trinajstić information content (AvgIpc) is 2.88. The number of aryl methyl sites for hydroxylation is 1. The van der Waals surface area contributed by atoms with Gasteiger partial charge in [0.1, 0.15) is 0 Å². The molecule has 21 heavy (non-hydrogen) atoms. The van der Waals surface area contributed by atoms with Crippen LogP contribution in [0, 0.1) is 0 Å². The molecule has 0 atom stereocenters. The first-order valence-electron chi connectivity index (χ1n) is 7.71. The van der Waals surface area contributed by atoms with Gasteiger partial charge in [-0.15, -0.1) is 0 Å². The third-order valence-electron chi connectivity index (χ3n) is 3.98. The van der Waals surface area contributed by atoms with Crippen LogP contribution < -0.4 is 5.32 Å². The number of carbonyl (C=O) groups excluding carboxylic acids is 1. The highest BCUT2D eigenvalue weighted by Gasteiger charge is 2.07. The molecule has 2 rings (SSSR count). The summed E-state index contributed by atoms with van der Waals surface area (Å²) < 4.78 is 2.06. The van der Waals surface area contributed by atoms with E-state index < -0.39 is 0 Å². The van der Waals surface area contributed by atoms with Crippen molar-refractivity contribution >= 4 is 16.8 Å². The van der Waals surface area contributed by atoms with Crippen LogP contribution in [0.1, 0.15) is 30.6 Å². The molecule has 4 heteroatoms. The van der Waals surface area contributed by atoms with Crippen molar-refractivity contribution in [3.8, 4) is 0 Å². The van der Waals surface area contributed by atoms with Gasteiger partial charge < -0.3 is 14.8 Å². The van der Waals surface area contributed by atoms with E-state index >= 15 is 0 Å². The Morgan fingerprint density at radius 2 is 2.00 bits per heavy atom. The van der Waals surface area contributed by atoms with Crippen LogP contribution >= 0.6 is 0 Å². The molecule has 2 aromatic rings. The number of aromatic nitrogens is 1. The molecule has 1 N–H and O–H groups in total. The van der Waals surface area contributed by atoms with Crippen molar-refractivity contribution in [2.45, 2.75) is 20.3 Å². The van der Waals surface area contributed by atoms with E-state index in [0.717, 1.165) is 49.1 Å². The van der Waals surface area contributed by atoms with Gasteiger partial charge in [0, 0.05) is 36.3 Å². The molecule has 0 radical (unpaired) electrons. The maximum Gasteiger partial charge on any atom is 0.251 e. The molecule has 1 amide bonds. The number of hydrogen-bond donors (Lipinski definition) is 1. The van der Waals surface area contributed by atoms with E-state index in [2.05, 4.69) is 28.6 Å². The quantitative estimate of drug-likeness (QED) is 0.795. The van der Waals surface area contributed by atoms with Crippen LogP contribution in [0.2, 0.25) is 0 Å². The number of carbonyl (C=O) groups is 1. The minimum Gasteiger partial charge on any atom is -0.352 e. The van der Waals surface area contributed by atoms with E-state index in [0.29, 0.717) is 0 Å². The highest BCUT2D eigenvalue weighted by Crippen LogP contribution is 2.16. The minimum absolute atomic E-state index is 0.0142. The Kier molecular flexibility index (Phi) is 5.39. The largest absolute Gasteiger partial charge is 0.352 e. The molecule has 0 saturated carbocycles. The molecule has 0 aliphatic rings. The lowest BCUT2D eigenvalue weighted by atomic mass is 10.1. The summed E-state index contributed by atoms with van der Waals surface area (Å²) in [5.74, 6) is 0.0142. The predicted molar refractivity (Wildman–Crippen MR) is 87.7 cm³/mol. The lowest BCUT2D eigenvalue weighted by molar-refractivity contribution is 0.0952.